The van der Waals surface area contributed by atoms with Gasteiger partial charge in [0.05, 0.1) is 7.11 Å². The van der Waals surface area contributed by atoms with Crippen molar-refractivity contribution in [3.8, 4) is 5.75 Å². The van der Waals surface area contributed by atoms with Gasteiger partial charge in [0.1, 0.15) is 5.75 Å². The van der Waals surface area contributed by atoms with E-state index in [1.54, 1.807) is 7.11 Å². The molecule has 0 heterocycles. The summed E-state index contributed by atoms with van der Waals surface area (Å²) >= 11 is 0. The van der Waals surface area contributed by atoms with Crippen molar-refractivity contribution in [1.29, 1.82) is 0 Å². The van der Waals surface area contributed by atoms with E-state index in [0.717, 1.165) is 24.2 Å². The molecule has 1 aromatic carbocycles. The monoisotopic (exact) mass is 272 g/mol. The minimum absolute atomic E-state index is 0. The van der Waals surface area contributed by atoms with Gasteiger partial charge in [-0.1, -0.05) is 26.0 Å². The highest BCUT2D eigenvalue weighted by atomic mass is 35.5. The third-order valence-corrected chi connectivity index (χ3v) is 3.04. The number of rotatable bonds is 6. The maximum atomic E-state index is 6.19. The molecular formula is C14H25ClN2O. The van der Waals surface area contributed by atoms with Crippen LogP contribution in [-0.2, 0) is 0 Å². The van der Waals surface area contributed by atoms with Crippen molar-refractivity contribution in [2.75, 3.05) is 13.7 Å². The van der Waals surface area contributed by atoms with Crippen LogP contribution >= 0.6 is 12.4 Å². The van der Waals surface area contributed by atoms with Crippen LogP contribution in [0, 0.1) is 0 Å². The molecule has 0 aromatic heterocycles. The first kappa shape index (κ1) is 17.2. The summed E-state index contributed by atoms with van der Waals surface area (Å²) in [5.41, 5.74) is 14.1. The summed E-state index contributed by atoms with van der Waals surface area (Å²) in [6, 6.07) is 6.27. The molecule has 18 heavy (non-hydrogen) atoms. The number of hydrogen-bond donors (Lipinski definition) is 2. The molecule has 0 unspecified atom stereocenters. The lowest BCUT2D eigenvalue weighted by Crippen LogP contribution is -2.14. The van der Waals surface area contributed by atoms with E-state index in [-0.39, 0.29) is 18.4 Å². The quantitative estimate of drug-likeness (QED) is 0.837. The maximum absolute atomic E-state index is 6.19. The predicted octanol–water partition coefficient (Wildman–Crippen LogP) is 2.98. The van der Waals surface area contributed by atoms with E-state index in [1.807, 2.05) is 6.07 Å². The van der Waals surface area contributed by atoms with E-state index in [2.05, 4.69) is 26.0 Å². The lowest BCUT2D eigenvalue weighted by Gasteiger charge is -2.18. The Balaban J connectivity index is 0.00000289. The Morgan fingerprint density at radius 2 is 1.94 bits per heavy atom. The van der Waals surface area contributed by atoms with E-state index in [1.165, 1.54) is 5.56 Å². The maximum Gasteiger partial charge on any atom is 0.123 e. The van der Waals surface area contributed by atoms with Crippen molar-refractivity contribution in [3.05, 3.63) is 29.3 Å². The van der Waals surface area contributed by atoms with E-state index < -0.39 is 0 Å². The van der Waals surface area contributed by atoms with Crippen molar-refractivity contribution in [2.24, 2.45) is 11.5 Å². The Morgan fingerprint density at radius 3 is 2.44 bits per heavy atom. The minimum Gasteiger partial charge on any atom is -0.496 e. The van der Waals surface area contributed by atoms with Crippen LogP contribution in [0.25, 0.3) is 0 Å². The number of nitrogens with two attached hydrogens (primary N) is 2. The molecule has 0 aliphatic heterocycles. The highest BCUT2D eigenvalue weighted by Crippen LogP contribution is 2.29. The molecule has 4 N–H and O–H groups in total. The van der Waals surface area contributed by atoms with E-state index >= 15 is 0 Å². The summed E-state index contributed by atoms with van der Waals surface area (Å²) in [7, 11) is 1.68. The molecule has 0 aliphatic rings. The molecule has 3 nitrogen and oxygen atoms in total. The van der Waals surface area contributed by atoms with Crippen LogP contribution < -0.4 is 16.2 Å². The van der Waals surface area contributed by atoms with E-state index in [9.17, 15) is 0 Å². The number of benzene rings is 1. The summed E-state index contributed by atoms with van der Waals surface area (Å²) in [4.78, 5) is 0. The molecule has 0 bridgehead atoms. The molecule has 0 aliphatic carbocycles. The highest BCUT2D eigenvalue weighted by Gasteiger charge is 2.13. The van der Waals surface area contributed by atoms with Gasteiger partial charge >= 0.3 is 0 Å². The molecular weight excluding hydrogens is 248 g/mol. The van der Waals surface area contributed by atoms with Crippen molar-refractivity contribution < 1.29 is 4.74 Å². The molecule has 0 amide bonds. The van der Waals surface area contributed by atoms with Crippen LogP contribution in [0.2, 0.25) is 0 Å². The molecule has 0 spiro atoms. The molecule has 1 rings (SSSR count). The Bertz CT molecular complexity index is 356. The molecule has 0 radical (unpaired) electrons. The van der Waals surface area contributed by atoms with Crippen molar-refractivity contribution in [3.63, 3.8) is 0 Å². The zero-order valence-corrected chi connectivity index (χ0v) is 12.3. The van der Waals surface area contributed by atoms with Crippen LogP contribution in [0.15, 0.2) is 18.2 Å². The molecule has 0 saturated carbocycles. The SMILES string of the molecule is COc1ccc(C(C)C)cc1[C@H](N)CCCN.Cl. The topological polar surface area (TPSA) is 61.3 Å². The second kappa shape index (κ2) is 8.35. The van der Waals surface area contributed by atoms with Crippen molar-refractivity contribution in [2.45, 2.75) is 38.6 Å². The van der Waals surface area contributed by atoms with Gasteiger partial charge in [0.25, 0.3) is 0 Å². The average Bonchev–Trinajstić information content (AvgIpc) is 2.34. The number of ether oxygens (including phenoxy) is 1. The molecule has 1 aromatic rings. The van der Waals surface area contributed by atoms with Crippen molar-refractivity contribution in [1.82, 2.24) is 0 Å². The number of halogens is 1. The normalized spacial score (nSPS) is 12.1. The zero-order valence-electron chi connectivity index (χ0n) is 11.5. The third-order valence-electron chi connectivity index (χ3n) is 3.04. The summed E-state index contributed by atoms with van der Waals surface area (Å²) in [6.45, 7) is 5.04. The van der Waals surface area contributed by atoms with Gasteiger partial charge in [-0.2, -0.15) is 0 Å². The summed E-state index contributed by atoms with van der Waals surface area (Å²) < 4.78 is 5.37. The summed E-state index contributed by atoms with van der Waals surface area (Å²) in [5.74, 6) is 1.38. The second-order valence-electron chi connectivity index (χ2n) is 4.69. The number of methoxy groups -OCH3 is 1. The van der Waals surface area contributed by atoms with Crippen LogP contribution in [0.1, 0.15) is 49.8 Å². The van der Waals surface area contributed by atoms with Gasteiger partial charge in [-0.25, -0.2) is 0 Å². The largest absolute Gasteiger partial charge is 0.496 e. The highest BCUT2D eigenvalue weighted by molar-refractivity contribution is 5.85. The smallest absolute Gasteiger partial charge is 0.123 e. The molecule has 104 valence electrons. The molecule has 4 heteroatoms. The Kier molecular flexibility index (Phi) is 8.00. The first-order chi connectivity index (χ1) is 8.10. The minimum atomic E-state index is 0. The van der Waals surface area contributed by atoms with Gasteiger partial charge in [0, 0.05) is 11.6 Å². The van der Waals surface area contributed by atoms with Gasteiger partial charge in [0.15, 0.2) is 0 Å². The first-order valence-electron chi connectivity index (χ1n) is 6.23. The summed E-state index contributed by atoms with van der Waals surface area (Å²) in [6.07, 6.45) is 1.84. The Labute approximate surface area is 116 Å². The zero-order chi connectivity index (χ0) is 12.8. The van der Waals surface area contributed by atoms with Crippen LogP contribution in [0.4, 0.5) is 0 Å². The van der Waals surface area contributed by atoms with Gasteiger partial charge in [-0.3, -0.25) is 0 Å². The van der Waals surface area contributed by atoms with Gasteiger partial charge in [-0.05, 0) is 36.9 Å². The first-order valence-corrected chi connectivity index (χ1v) is 6.23. The molecule has 0 saturated heterocycles. The Hall–Kier alpha value is -0.770. The standard InChI is InChI=1S/C14H24N2O.ClH/c1-10(2)11-6-7-14(17-3)12(9-11)13(16)5-4-8-15;/h6-7,9-10,13H,4-5,8,15-16H2,1-3H3;1H/t13-;/m1./s1. The third kappa shape index (κ3) is 4.48. The van der Waals surface area contributed by atoms with Gasteiger partial charge in [-0.15, -0.1) is 12.4 Å². The van der Waals surface area contributed by atoms with Gasteiger partial charge in [0.2, 0.25) is 0 Å². The second-order valence-corrected chi connectivity index (χ2v) is 4.69. The Morgan fingerprint density at radius 1 is 1.28 bits per heavy atom. The predicted molar refractivity (Wildman–Crippen MR) is 79.5 cm³/mol. The number of hydrogen-bond acceptors (Lipinski definition) is 3. The fourth-order valence-corrected chi connectivity index (χ4v) is 1.89. The van der Waals surface area contributed by atoms with E-state index in [0.29, 0.717) is 12.5 Å². The lowest BCUT2D eigenvalue weighted by atomic mass is 9.95. The van der Waals surface area contributed by atoms with Crippen molar-refractivity contribution >= 4 is 12.4 Å². The fourth-order valence-electron chi connectivity index (χ4n) is 1.89. The van der Waals surface area contributed by atoms with Gasteiger partial charge < -0.3 is 16.2 Å². The van der Waals surface area contributed by atoms with Crippen LogP contribution in [0.3, 0.4) is 0 Å². The summed E-state index contributed by atoms with van der Waals surface area (Å²) in [5, 5.41) is 0. The molecule has 0 fully saturated rings. The average molecular weight is 273 g/mol. The fraction of sp³-hybridized carbons (Fsp3) is 0.571. The van der Waals surface area contributed by atoms with E-state index in [4.69, 9.17) is 16.2 Å². The van der Waals surface area contributed by atoms with Crippen LogP contribution in [0.5, 0.6) is 5.75 Å². The van der Waals surface area contributed by atoms with Crippen LogP contribution in [-0.4, -0.2) is 13.7 Å². The molecule has 1 atom stereocenters. The lowest BCUT2D eigenvalue weighted by molar-refractivity contribution is 0.403.